The van der Waals surface area contributed by atoms with Crippen LogP contribution in [0.2, 0.25) is 0 Å². The van der Waals surface area contributed by atoms with Gasteiger partial charge >= 0.3 is 5.97 Å². The van der Waals surface area contributed by atoms with E-state index in [0.29, 0.717) is 27.9 Å². The number of carbonyl (C=O) groups is 2. The topological polar surface area (TPSA) is 81.2 Å². The molecule has 0 saturated carbocycles. The summed E-state index contributed by atoms with van der Waals surface area (Å²) in [6, 6.07) is 1.76. The molecule has 26 heavy (non-hydrogen) atoms. The Labute approximate surface area is 160 Å². The van der Waals surface area contributed by atoms with Crippen LogP contribution in [-0.2, 0) is 22.4 Å². The van der Waals surface area contributed by atoms with E-state index in [2.05, 4.69) is 15.3 Å². The van der Waals surface area contributed by atoms with Crippen LogP contribution in [0.15, 0.2) is 23.6 Å². The largest absolute Gasteiger partial charge is 0.465 e. The van der Waals surface area contributed by atoms with E-state index in [-0.39, 0.29) is 11.9 Å². The summed E-state index contributed by atoms with van der Waals surface area (Å²) in [5.41, 5.74) is 1.60. The Bertz CT molecular complexity index is 777. The molecule has 1 aliphatic rings. The number of anilines is 1. The summed E-state index contributed by atoms with van der Waals surface area (Å²) in [4.78, 5) is 34.1. The second-order valence-corrected chi connectivity index (χ2v) is 8.11. The summed E-state index contributed by atoms with van der Waals surface area (Å²) in [6.45, 7) is 0. The van der Waals surface area contributed by atoms with E-state index in [0.717, 1.165) is 31.2 Å². The predicted molar refractivity (Wildman–Crippen MR) is 103 cm³/mol. The highest BCUT2D eigenvalue weighted by Gasteiger charge is 2.26. The van der Waals surface area contributed by atoms with Crippen molar-refractivity contribution in [2.24, 2.45) is 0 Å². The third-order valence-corrected chi connectivity index (χ3v) is 6.25. The quantitative estimate of drug-likeness (QED) is 0.350. The summed E-state index contributed by atoms with van der Waals surface area (Å²) < 4.78 is 4.96. The van der Waals surface area contributed by atoms with E-state index < -0.39 is 0 Å². The first-order chi connectivity index (χ1) is 12.7. The van der Waals surface area contributed by atoms with Gasteiger partial charge in [-0.15, -0.1) is 11.3 Å². The van der Waals surface area contributed by atoms with Crippen molar-refractivity contribution >= 4 is 40.0 Å². The maximum Gasteiger partial charge on any atom is 0.341 e. The molecule has 0 spiro atoms. The highest BCUT2D eigenvalue weighted by atomic mass is 32.2. The van der Waals surface area contributed by atoms with Crippen LogP contribution in [0.1, 0.15) is 46.5 Å². The number of hydrogen-bond acceptors (Lipinski definition) is 7. The molecule has 1 amide bonds. The first-order valence-corrected chi connectivity index (χ1v) is 10.4. The summed E-state index contributed by atoms with van der Waals surface area (Å²) in [6.07, 6.45) is 8.86. The number of amides is 1. The number of hydrogen-bond donors (Lipinski definition) is 1. The Hall–Kier alpha value is -1.93. The zero-order chi connectivity index (χ0) is 18.4. The van der Waals surface area contributed by atoms with Crippen LogP contribution < -0.4 is 5.32 Å². The lowest BCUT2D eigenvalue weighted by atomic mass is 10.1. The number of aryl methyl sites for hydroxylation is 1. The van der Waals surface area contributed by atoms with Crippen LogP contribution in [0.5, 0.6) is 0 Å². The van der Waals surface area contributed by atoms with E-state index in [1.165, 1.54) is 41.5 Å². The van der Waals surface area contributed by atoms with Gasteiger partial charge in [0.05, 0.1) is 12.7 Å². The van der Waals surface area contributed by atoms with Crippen molar-refractivity contribution in [3.05, 3.63) is 34.5 Å². The minimum absolute atomic E-state index is 0.116. The standard InChI is InChI=1S/C18H21N3O3S2/c1-24-17(23)15-12-6-3-2-4-7-13(12)26-16(15)21-14(22)8-11-25-18-19-9-5-10-20-18/h5,9-10H,2-4,6-8,11H2,1H3,(H,21,22). The first-order valence-electron chi connectivity index (χ1n) is 8.61. The molecule has 0 bridgehead atoms. The lowest BCUT2D eigenvalue weighted by Gasteiger charge is -2.07. The number of carbonyl (C=O) groups excluding carboxylic acids is 2. The van der Waals surface area contributed by atoms with E-state index in [1.54, 1.807) is 18.5 Å². The van der Waals surface area contributed by atoms with Gasteiger partial charge in [-0.3, -0.25) is 4.79 Å². The fourth-order valence-electron chi connectivity index (χ4n) is 2.93. The van der Waals surface area contributed by atoms with Crippen molar-refractivity contribution in [2.75, 3.05) is 18.2 Å². The lowest BCUT2D eigenvalue weighted by Crippen LogP contribution is -2.15. The van der Waals surface area contributed by atoms with Gasteiger partial charge in [0.1, 0.15) is 5.00 Å². The van der Waals surface area contributed by atoms with Gasteiger partial charge in [-0.25, -0.2) is 14.8 Å². The summed E-state index contributed by atoms with van der Waals surface area (Å²) in [7, 11) is 1.38. The smallest absolute Gasteiger partial charge is 0.341 e. The number of aromatic nitrogens is 2. The third-order valence-electron chi connectivity index (χ3n) is 4.17. The van der Waals surface area contributed by atoms with Gasteiger partial charge < -0.3 is 10.1 Å². The average molecular weight is 392 g/mol. The van der Waals surface area contributed by atoms with Crippen molar-refractivity contribution < 1.29 is 14.3 Å². The molecule has 0 aliphatic heterocycles. The molecule has 0 saturated heterocycles. The number of nitrogens with zero attached hydrogens (tertiary/aromatic N) is 2. The molecule has 6 nitrogen and oxygen atoms in total. The molecule has 0 unspecified atom stereocenters. The SMILES string of the molecule is COC(=O)c1c(NC(=O)CCSc2ncccn2)sc2c1CCCCC2. The van der Waals surface area contributed by atoms with Crippen LogP contribution in [0.3, 0.4) is 0 Å². The van der Waals surface area contributed by atoms with Gasteiger partial charge in [0.25, 0.3) is 0 Å². The average Bonchev–Trinajstić information content (AvgIpc) is 2.83. The number of fused-ring (bicyclic) bond motifs is 1. The maximum absolute atomic E-state index is 12.3. The zero-order valence-corrected chi connectivity index (χ0v) is 16.3. The van der Waals surface area contributed by atoms with Gasteiger partial charge in [0.15, 0.2) is 5.16 Å². The Morgan fingerprint density at radius 2 is 2.00 bits per heavy atom. The number of methoxy groups -OCH3 is 1. The molecule has 0 fully saturated rings. The number of thioether (sulfide) groups is 1. The molecule has 1 N–H and O–H groups in total. The van der Waals surface area contributed by atoms with Crippen LogP contribution in [0.25, 0.3) is 0 Å². The van der Waals surface area contributed by atoms with Crippen LogP contribution in [-0.4, -0.2) is 34.7 Å². The molecule has 2 heterocycles. The lowest BCUT2D eigenvalue weighted by molar-refractivity contribution is -0.115. The van der Waals surface area contributed by atoms with Gasteiger partial charge in [-0.2, -0.15) is 0 Å². The second kappa shape index (κ2) is 9.14. The van der Waals surface area contributed by atoms with Gasteiger partial charge in [-0.1, -0.05) is 18.2 Å². The number of esters is 1. The third kappa shape index (κ3) is 4.62. The zero-order valence-electron chi connectivity index (χ0n) is 14.6. The van der Waals surface area contributed by atoms with Crippen LogP contribution in [0, 0.1) is 0 Å². The Kier molecular flexibility index (Phi) is 6.62. The highest BCUT2D eigenvalue weighted by Crippen LogP contribution is 2.38. The van der Waals surface area contributed by atoms with Crippen LogP contribution in [0.4, 0.5) is 5.00 Å². The molecule has 2 aromatic rings. The number of ether oxygens (including phenoxy) is 1. The Morgan fingerprint density at radius 1 is 1.23 bits per heavy atom. The predicted octanol–water partition coefficient (Wildman–Crippen LogP) is 3.71. The first kappa shape index (κ1) is 18.8. The van der Waals surface area contributed by atoms with Gasteiger partial charge in [-0.05, 0) is 37.3 Å². The van der Waals surface area contributed by atoms with E-state index in [9.17, 15) is 9.59 Å². The normalized spacial score (nSPS) is 13.6. The van der Waals surface area contributed by atoms with Crippen molar-refractivity contribution in [1.29, 1.82) is 0 Å². The Balaban J connectivity index is 1.66. The molecule has 8 heteroatoms. The molecule has 0 atom stereocenters. The second-order valence-electron chi connectivity index (χ2n) is 5.94. The minimum atomic E-state index is -0.369. The maximum atomic E-state index is 12.3. The molecule has 138 valence electrons. The van der Waals surface area contributed by atoms with Gasteiger partial charge in [0, 0.05) is 29.4 Å². The number of thiophene rings is 1. The monoisotopic (exact) mass is 391 g/mol. The van der Waals surface area contributed by atoms with E-state index >= 15 is 0 Å². The van der Waals surface area contributed by atoms with Gasteiger partial charge in [0.2, 0.25) is 5.91 Å². The molecule has 3 rings (SSSR count). The molecular weight excluding hydrogens is 370 g/mol. The Morgan fingerprint density at radius 3 is 2.77 bits per heavy atom. The van der Waals surface area contributed by atoms with Crippen molar-refractivity contribution in [3.8, 4) is 0 Å². The molecule has 0 radical (unpaired) electrons. The van der Waals surface area contributed by atoms with Crippen LogP contribution >= 0.6 is 23.1 Å². The summed E-state index contributed by atoms with van der Waals surface area (Å²) in [5, 5.41) is 4.19. The fourth-order valence-corrected chi connectivity index (χ4v) is 4.97. The molecule has 1 aliphatic carbocycles. The van der Waals surface area contributed by atoms with Crippen molar-refractivity contribution in [2.45, 2.75) is 43.7 Å². The molecule has 0 aromatic carbocycles. The van der Waals surface area contributed by atoms with Crippen molar-refractivity contribution in [3.63, 3.8) is 0 Å². The van der Waals surface area contributed by atoms with Crippen molar-refractivity contribution in [1.82, 2.24) is 9.97 Å². The number of nitrogens with one attached hydrogen (secondary N) is 1. The fraction of sp³-hybridized carbons (Fsp3) is 0.444. The molecule has 2 aromatic heterocycles. The molecular formula is C18H21N3O3S2. The number of rotatable bonds is 6. The van der Waals surface area contributed by atoms with E-state index in [4.69, 9.17) is 4.74 Å². The summed E-state index contributed by atoms with van der Waals surface area (Å²) in [5.74, 6) is 0.0934. The minimum Gasteiger partial charge on any atom is -0.465 e. The highest BCUT2D eigenvalue weighted by molar-refractivity contribution is 7.99. The summed E-state index contributed by atoms with van der Waals surface area (Å²) >= 11 is 2.95. The van der Waals surface area contributed by atoms with E-state index in [1.807, 2.05) is 0 Å².